The highest BCUT2D eigenvalue weighted by atomic mass is 15.3. The molecule has 4 rings (SSSR count). The van der Waals surface area contributed by atoms with Crippen LogP contribution in [0.25, 0.3) is 0 Å². The van der Waals surface area contributed by atoms with Crippen molar-refractivity contribution in [1.29, 1.82) is 0 Å². The molecule has 1 fully saturated rings. The van der Waals surface area contributed by atoms with Crippen LogP contribution in [0.15, 0.2) is 67.3 Å². The van der Waals surface area contributed by atoms with Crippen LogP contribution in [0, 0.1) is 0 Å². The van der Waals surface area contributed by atoms with E-state index in [2.05, 4.69) is 51.4 Å². The zero-order valence-corrected chi connectivity index (χ0v) is 13.0. The van der Waals surface area contributed by atoms with E-state index < -0.39 is 0 Å². The summed E-state index contributed by atoms with van der Waals surface area (Å²) < 4.78 is 1.95. The van der Waals surface area contributed by atoms with Crippen molar-refractivity contribution in [2.75, 3.05) is 13.1 Å². The second kappa shape index (κ2) is 6.34. The number of pyridine rings is 1. The molecule has 1 aliphatic rings. The summed E-state index contributed by atoms with van der Waals surface area (Å²) in [6.07, 6.45) is 7.58. The Hall–Kier alpha value is -2.46. The average Bonchev–Trinajstić information content (AvgIpc) is 3.06. The first-order chi connectivity index (χ1) is 11.4. The van der Waals surface area contributed by atoms with Gasteiger partial charge in [-0.15, -0.1) is 0 Å². The fraction of sp³-hybridized carbons (Fsp3) is 0.263. The SMILES string of the molecule is c1cnn(Cc2ccc(CN3CC(c4ccncc4)C3)cc2)c1. The summed E-state index contributed by atoms with van der Waals surface area (Å²) in [6.45, 7) is 4.14. The maximum Gasteiger partial charge on any atom is 0.0659 e. The van der Waals surface area contributed by atoms with Crippen molar-refractivity contribution >= 4 is 0 Å². The van der Waals surface area contributed by atoms with Crippen LogP contribution in [0.4, 0.5) is 0 Å². The van der Waals surface area contributed by atoms with Gasteiger partial charge >= 0.3 is 0 Å². The molecule has 116 valence electrons. The highest BCUT2D eigenvalue weighted by Gasteiger charge is 2.27. The van der Waals surface area contributed by atoms with Crippen LogP contribution >= 0.6 is 0 Å². The van der Waals surface area contributed by atoms with Gasteiger partial charge in [0.15, 0.2) is 0 Å². The maximum atomic E-state index is 4.25. The molecule has 1 aliphatic heterocycles. The van der Waals surface area contributed by atoms with Gasteiger partial charge in [-0.05, 0) is 34.9 Å². The normalized spacial score (nSPS) is 15.5. The molecule has 1 saturated heterocycles. The summed E-state index contributed by atoms with van der Waals surface area (Å²) in [7, 11) is 0. The third kappa shape index (κ3) is 3.32. The molecule has 2 aromatic heterocycles. The first-order valence-corrected chi connectivity index (χ1v) is 8.04. The van der Waals surface area contributed by atoms with E-state index in [1.165, 1.54) is 16.7 Å². The molecule has 1 aromatic carbocycles. The molecule has 0 amide bonds. The Bertz CT molecular complexity index is 729. The van der Waals surface area contributed by atoms with E-state index in [-0.39, 0.29) is 0 Å². The number of nitrogens with zero attached hydrogens (tertiary/aromatic N) is 4. The lowest BCUT2D eigenvalue weighted by Gasteiger charge is -2.39. The van der Waals surface area contributed by atoms with Crippen LogP contribution in [-0.4, -0.2) is 32.8 Å². The van der Waals surface area contributed by atoms with Crippen LogP contribution in [0.1, 0.15) is 22.6 Å². The molecule has 0 atom stereocenters. The number of rotatable bonds is 5. The van der Waals surface area contributed by atoms with Gasteiger partial charge in [0.25, 0.3) is 0 Å². The van der Waals surface area contributed by atoms with Crippen molar-refractivity contribution in [1.82, 2.24) is 19.7 Å². The van der Waals surface area contributed by atoms with Gasteiger partial charge < -0.3 is 0 Å². The van der Waals surface area contributed by atoms with E-state index in [0.717, 1.165) is 26.2 Å². The molecule has 3 heterocycles. The molecule has 4 heteroatoms. The molecular weight excluding hydrogens is 284 g/mol. The fourth-order valence-corrected chi connectivity index (χ4v) is 3.13. The van der Waals surface area contributed by atoms with Gasteiger partial charge in [-0.3, -0.25) is 14.6 Å². The summed E-state index contributed by atoms with van der Waals surface area (Å²) in [4.78, 5) is 6.58. The van der Waals surface area contributed by atoms with Crippen LogP contribution in [0.3, 0.4) is 0 Å². The third-order valence-corrected chi connectivity index (χ3v) is 4.47. The van der Waals surface area contributed by atoms with E-state index in [1.807, 2.05) is 35.5 Å². The van der Waals surface area contributed by atoms with Crippen molar-refractivity contribution in [2.24, 2.45) is 0 Å². The predicted molar refractivity (Wildman–Crippen MR) is 90.0 cm³/mol. The minimum absolute atomic E-state index is 0.664. The molecular formula is C19H20N4. The van der Waals surface area contributed by atoms with Gasteiger partial charge in [-0.25, -0.2) is 0 Å². The summed E-state index contributed by atoms with van der Waals surface area (Å²) in [5.41, 5.74) is 4.07. The van der Waals surface area contributed by atoms with E-state index >= 15 is 0 Å². The van der Waals surface area contributed by atoms with Crippen LogP contribution in [0.2, 0.25) is 0 Å². The summed E-state index contributed by atoms with van der Waals surface area (Å²) in [5.74, 6) is 0.664. The Morgan fingerprint density at radius 2 is 1.57 bits per heavy atom. The lowest BCUT2D eigenvalue weighted by molar-refractivity contribution is 0.139. The van der Waals surface area contributed by atoms with Gasteiger partial charge in [0.1, 0.15) is 0 Å². The Labute approximate surface area is 136 Å². The Morgan fingerprint density at radius 1 is 0.870 bits per heavy atom. The number of likely N-dealkylation sites (tertiary alicyclic amines) is 1. The maximum absolute atomic E-state index is 4.25. The van der Waals surface area contributed by atoms with Crippen LogP contribution in [0.5, 0.6) is 0 Å². The predicted octanol–water partition coefficient (Wildman–Crippen LogP) is 2.93. The molecule has 0 N–H and O–H groups in total. The van der Waals surface area contributed by atoms with E-state index in [0.29, 0.717) is 5.92 Å². The molecule has 3 aromatic rings. The topological polar surface area (TPSA) is 34.0 Å². The van der Waals surface area contributed by atoms with Crippen molar-refractivity contribution in [3.05, 3.63) is 83.9 Å². The summed E-state index contributed by atoms with van der Waals surface area (Å²) in [6, 6.07) is 15.1. The molecule has 0 aliphatic carbocycles. The fourth-order valence-electron chi connectivity index (χ4n) is 3.13. The van der Waals surface area contributed by atoms with E-state index in [1.54, 1.807) is 0 Å². The standard InChI is InChI=1S/C19H20N4/c1-8-21-23(11-1)13-17-4-2-16(3-5-17)12-22-14-19(15-22)18-6-9-20-10-7-18/h1-11,19H,12-15H2. The van der Waals surface area contributed by atoms with Gasteiger partial charge in [0, 0.05) is 50.3 Å². The molecule has 0 bridgehead atoms. The largest absolute Gasteiger partial charge is 0.298 e. The highest BCUT2D eigenvalue weighted by Crippen LogP contribution is 2.27. The zero-order chi connectivity index (χ0) is 15.5. The number of hydrogen-bond acceptors (Lipinski definition) is 3. The van der Waals surface area contributed by atoms with E-state index in [4.69, 9.17) is 0 Å². The molecule has 4 nitrogen and oxygen atoms in total. The minimum Gasteiger partial charge on any atom is -0.298 e. The summed E-state index contributed by atoms with van der Waals surface area (Å²) >= 11 is 0. The Morgan fingerprint density at radius 3 is 2.22 bits per heavy atom. The first-order valence-electron chi connectivity index (χ1n) is 8.04. The average molecular weight is 304 g/mol. The minimum atomic E-state index is 0.664. The van der Waals surface area contributed by atoms with Crippen LogP contribution in [-0.2, 0) is 13.1 Å². The lowest BCUT2D eigenvalue weighted by atomic mass is 9.92. The molecule has 0 radical (unpaired) electrons. The number of hydrogen-bond donors (Lipinski definition) is 0. The van der Waals surface area contributed by atoms with Crippen molar-refractivity contribution < 1.29 is 0 Å². The Kier molecular flexibility index (Phi) is 3.90. The van der Waals surface area contributed by atoms with Crippen molar-refractivity contribution in [3.63, 3.8) is 0 Å². The molecule has 0 unspecified atom stereocenters. The zero-order valence-electron chi connectivity index (χ0n) is 13.0. The summed E-state index contributed by atoms with van der Waals surface area (Å²) in [5, 5.41) is 4.25. The number of aromatic nitrogens is 3. The lowest BCUT2D eigenvalue weighted by Crippen LogP contribution is -2.44. The molecule has 23 heavy (non-hydrogen) atoms. The highest BCUT2D eigenvalue weighted by molar-refractivity contribution is 5.24. The van der Waals surface area contributed by atoms with E-state index in [9.17, 15) is 0 Å². The van der Waals surface area contributed by atoms with Gasteiger partial charge in [0.2, 0.25) is 0 Å². The van der Waals surface area contributed by atoms with Crippen molar-refractivity contribution in [3.8, 4) is 0 Å². The van der Waals surface area contributed by atoms with Gasteiger partial charge in [0.05, 0.1) is 6.54 Å². The second-order valence-corrected chi connectivity index (χ2v) is 6.19. The van der Waals surface area contributed by atoms with Gasteiger partial charge in [-0.1, -0.05) is 24.3 Å². The first kappa shape index (κ1) is 14.2. The van der Waals surface area contributed by atoms with Crippen molar-refractivity contribution in [2.45, 2.75) is 19.0 Å². The van der Waals surface area contributed by atoms with Crippen LogP contribution < -0.4 is 0 Å². The van der Waals surface area contributed by atoms with Gasteiger partial charge in [-0.2, -0.15) is 5.10 Å². The quantitative estimate of drug-likeness (QED) is 0.727. The Balaban J connectivity index is 1.30. The number of benzene rings is 1. The monoisotopic (exact) mass is 304 g/mol. The molecule has 0 spiro atoms. The smallest absolute Gasteiger partial charge is 0.0659 e. The second-order valence-electron chi connectivity index (χ2n) is 6.19. The molecule has 0 saturated carbocycles. The third-order valence-electron chi connectivity index (χ3n) is 4.47.